The molecule has 10 rings (SSSR count). The van der Waals surface area contributed by atoms with E-state index in [1.54, 1.807) is 0 Å². The lowest BCUT2D eigenvalue weighted by atomic mass is 9.80. The molecule has 0 aliphatic heterocycles. The largest absolute Gasteiger partial charge is 0.311 e. The third-order valence-electron chi connectivity index (χ3n) is 11.2. The molecule has 0 unspecified atom stereocenters. The Kier molecular flexibility index (Phi) is 7.19. The van der Waals surface area contributed by atoms with E-state index >= 15 is 0 Å². The Morgan fingerprint density at radius 1 is 0.415 bits per heavy atom. The van der Waals surface area contributed by atoms with Crippen LogP contribution in [0.25, 0.3) is 60.9 Å². The number of fused-ring (bicyclic) bond motifs is 7. The van der Waals surface area contributed by atoms with Crippen molar-refractivity contribution in [2.45, 2.75) is 19.3 Å². The molecule has 2 nitrogen and oxygen atoms in total. The van der Waals surface area contributed by atoms with Crippen molar-refractivity contribution in [2.75, 3.05) is 4.90 Å². The van der Waals surface area contributed by atoms with Crippen LogP contribution in [-0.4, -0.2) is 4.57 Å². The topological polar surface area (TPSA) is 8.17 Å². The molecule has 2 heteroatoms. The summed E-state index contributed by atoms with van der Waals surface area (Å²) in [6.45, 7) is 4.78. The van der Waals surface area contributed by atoms with Crippen molar-refractivity contribution in [3.63, 3.8) is 0 Å². The second-order valence-electron chi connectivity index (χ2n) is 14.6. The van der Waals surface area contributed by atoms with Crippen molar-refractivity contribution in [1.29, 1.82) is 0 Å². The van der Waals surface area contributed by atoms with Crippen LogP contribution in [0.15, 0.2) is 194 Å². The van der Waals surface area contributed by atoms with Gasteiger partial charge in [-0.1, -0.05) is 141 Å². The quantitative estimate of drug-likeness (QED) is 0.170. The highest BCUT2D eigenvalue weighted by Crippen LogP contribution is 2.53. The summed E-state index contributed by atoms with van der Waals surface area (Å²) < 4.78 is 2.44. The Morgan fingerprint density at radius 3 is 1.60 bits per heavy atom. The first kappa shape index (κ1) is 31.1. The molecule has 0 saturated carbocycles. The molecule has 8 aromatic carbocycles. The van der Waals surface area contributed by atoms with E-state index in [0.29, 0.717) is 0 Å². The molecule has 0 spiro atoms. The molecule has 0 bridgehead atoms. The zero-order valence-corrected chi connectivity index (χ0v) is 29.9. The lowest BCUT2D eigenvalue weighted by Crippen LogP contribution is -2.15. The summed E-state index contributed by atoms with van der Waals surface area (Å²) in [6.07, 6.45) is 0. The SMILES string of the molecule is CC1(C)c2ccccc2-c2ccc3c(c21)c1cc(-c2ccc(N(c4ccccc4)c4ccc(-c5ccccc5)cc4)cc2)ccc1n3-c1ccccc1. The van der Waals surface area contributed by atoms with Gasteiger partial charge in [0.25, 0.3) is 0 Å². The van der Waals surface area contributed by atoms with Gasteiger partial charge in [0.15, 0.2) is 0 Å². The van der Waals surface area contributed by atoms with Gasteiger partial charge in [0.05, 0.1) is 11.0 Å². The van der Waals surface area contributed by atoms with Gasteiger partial charge in [-0.25, -0.2) is 0 Å². The van der Waals surface area contributed by atoms with Gasteiger partial charge < -0.3 is 9.47 Å². The standard InChI is InChI=1S/C51H38N2/c1-51(2)46-21-13-12-20-43(46)44-31-33-48-49(50(44)51)45-34-38(26-32-47(45)53(48)40-18-10-5-11-19-40)37-24-29-42(30-25-37)52(39-16-8-4-9-17-39)41-27-22-36(23-28-41)35-14-6-3-7-15-35/h3-34H,1-2H3. The molecule has 0 N–H and O–H groups in total. The number of hydrogen-bond acceptors (Lipinski definition) is 1. The van der Waals surface area contributed by atoms with Crippen LogP contribution in [0.3, 0.4) is 0 Å². The summed E-state index contributed by atoms with van der Waals surface area (Å²) in [5.41, 5.74) is 17.2. The number of anilines is 3. The van der Waals surface area contributed by atoms with E-state index in [4.69, 9.17) is 0 Å². The van der Waals surface area contributed by atoms with Crippen molar-refractivity contribution in [3.8, 4) is 39.1 Å². The summed E-state index contributed by atoms with van der Waals surface area (Å²) in [7, 11) is 0. The van der Waals surface area contributed by atoms with Crippen LogP contribution in [0.2, 0.25) is 0 Å². The molecule has 0 atom stereocenters. The third-order valence-corrected chi connectivity index (χ3v) is 11.2. The van der Waals surface area contributed by atoms with E-state index in [2.05, 4.69) is 217 Å². The maximum absolute atomic E-state index is 2.44. The summed E-state index contributed by atoms with van der Waals surface area (Å²) in [5, 5.41) is 2.63. The predicted molar refractivity (Wildman–Crippen MR) is 224 cm³/mol. The molecule has 252 valence electrons. The maximum atomic E-state index is 2.44. The summed E-state index contributed by atoms with van der Waals surface area (Å²) in [4.78, 5) is 2.33. The van der Waals surface area contributed by atoms with Gasteiger partial charge in [0.1, 0.15) is 0 Å². The van der Waals surface area contributed by atoms with Crippen LogP contribution < -0.4 is 4.90 Å². The first-order valence-corrected chi connectivity index (χ1v) is 18.4. The maximum Gasteiger partial charge on any atom is 0.0544 e. The number of benzene rings is 8. The number of aromatic nitrogens is 1. The van der Waals surface area contributed by atoms with E-state index in [-0.39, 0.29) is 5.41 Å². The van der Waals surface area contributed by atoms with Gasteiger partial charge in [0, 0.05) is 38.9 Å². The second kappa shape index (κ2) is 12.3. The molecule has 1 aliphatic carbocycles. The lowest BCUT2D eigenvalue weighted by Gasteiger charge is -2.26. The Balaban J connectivity index is 1.10. The average molecular weight is 679 g/mol. The Bertz CT molecular complexity index is 2760. The molecule has 53 heavy (non-hydrogen) atoms. The van der Waals surface area contributed by atoms with Crippen LogP contribution >= 0.6 is 0 Å². The average Bonchev–Trinajstić information content (AvgIpc) is 3.67. The van der Waals surface area contributed by atoms with Crippen molar-refractivity contribution in [2.24, 2.45) is 0 Å². The monoisotopic (exact) mass is 678 g/mol. The Labute approximate surface area is 310 Å². The van der Waals surface area contributed by atoms with Gasteiger partial charge in [-0.15, -0.1) is 0 Å². The van der Waals surface area contributed by atoms with E-state index in [0.717, 1.165) is 17.1 Å². The van der Waals surface area contributed by atoms with Crippen LogP contribution in [-0.2, 0) is 5.41 Å². The van der Waals surface area contributed by atoms with Gasteiger partial charge >= 0.3 is 0 Å². The van der Waals surface area contributed by atoms with E-state index in [1.165, 1.54) is 72.0 Å². The number of hydrogen-bond donors (Lipinski definition) is 0. The fourth-order valence-corrected chi connectivity index (χ4v) is 8.68. The fraction of sp³-hybridized carbons (Fsp3) is 0.0588. The van der Waals surface area contributed by atoms with Crippen molar-refractivity contribution >= 4 is 38.9 Å². The molecular formula is C51H38N2. The highest BCUT2D eigenvalue weighted by molar-refractivity contribution is 6.15. The summed E-state index contributed by atoms with van der Waals surface area (Å²) in [6, 6.07) is 70.5. The zero-order valence-electron chi connectivity index (χ0n) is 29.9. The van der Waals surface area contributed by atoms with E-state index in [9.17, 15) is 0 Å². The molecule has 1 heterocycles. The summed E-state index contributed by atoms with van der Waals surface area (Å²) >= 11 is 0. The van der Waals surface area contributed by atoms with E-state index < -0.39 is 0 Å². The van der Waals surface area contributed by atoms with Gasteiger partial charge in [-0.2, -0.15) is 0 Å². The first-order chi connectivity index (χ1) is 26.1. The fourth-order valence-electron chi connectivity index (χ4n) is 8.68. The molecule has 0 amide bonds. The van der Waals surface area contributed by atoms with Gasteiger partial charge in [0.2, 0.25) is 0 Å². The molecule has 1 aromatic heterocycles. The smallest absolute Gasteiger partial charge is 0.0544 e. The first-order valence-electron chi connectivity index (χ1n) is 18.4. The third kappa shape index (κ3) is 5.02. The minimum atomic E-state index is -0.126. The number of para-hydroxylation sites is 2. The summed E-state index contributed by atoms with van der Waals surface area (Å²) in [5.74, 6) is 0. The predicted octanol–water partition coefficient (Wildman–Crippen LogP) is 13.9. The van der Waals surface area contributed by atoms with Crippen molar-refractivity contribution in [1.82, 2.24) is 4.57 Å². The molecule has 0 radical (unpaired) electrons. The highest BCUT2D eigenvalue weighted by Gasteiger charge is 2.38. The molecular weight excluding hydrogens is 641 g/mol. The lowest BCUT2D eigenvalue weighted by molar-refractivity contribution is 0.666. The Hall–Kier alpha value is -6.64. The zero-order chi connectivity index (χ0) is 35.5. The molecule has 0 fully saturated rings. The van der Waals surface area contributed by atoms with Crippen molar-refractivity contribution in [3.05, 3.63) is 205 Å². The van der Waals surface area contributed by atoms with Gasteiger partial charge in [-0.05, 0) is 111 Å². The number of nitrogens with zero attached hydrogens (tertiary/aromatic N) is 2. The van der Waals surface area contributed by atoms with Crippen LogP contribution in [0.1, 0.15) is 25.0 Å². The van der Waals surface area contributed by atoms with Crippen LogP contribution in [0.4, 0.5) is 17.1 Å². The minimum absolute atomic E-state index is 0.126. The normalized spacial score (nSPS) is 12.9. The van der Waals surface area contributed by atoms with Crippen molar-refractivity contribution < 1.29 is 0 Å². The van der Waals surface area contributed by atoms with Crippen LogP contribution in [0.5, 0.6) is 0 Å². The van der Waals surface area contributed by atoms with Gasteiger partial charge in [-0.3, -0.25) is 0 Å². The molecule has 0 saturated heterocycles. The van der Waals surface area contributed by atoms with Crippen LogP contribution in [0, 0.1) is 0 Å². The molecule has 1 aliphatic rings. The molecule has 9 aromatic rings. The van der Waals surface area contributed by atoms with E-state index in [1.807, 2.05) is 0 Å². The highest BCUT2D eigenvalue weighted by atomic mass is 15.1. The second-order valence-corrected chi connectivity index (χ2v) is 14.6. The number of rotatable bonds is 6. The minimum Gasteiger partial charge on any atom is -0.311 e. The Morgan fingerprint density at radius 2 is 0.925 bits per heavy atom.